The Morgan fingerprint density at radius 2 is 2.00 bits per heavy atom. The van der Waals surface area contributed by atoms with Crippen molar-refractivity contribution >= 4 is 23.3 Å². The average molecular weight is 302 g/mol. The second-order valence-corrected chi connectivity index (χ2v) is 5.87. The van der Waals surface area contributed by atoms with Crippen LogP contribution in [0.3, 0.4) is 0 Å². The van der Waals surface area contributed by atoms with Gasteiger partial charge in [-0.3, -0.25) is 9.59 Å². The summed E-state index contributed by atoms with van der Waals surface area (Å²) in [6.45, 7) is 4.70. The summed E-state index contributed by atoms with van der Waals surface area (Å²) in [6.07, 6.45) is 2.68. The van der Waals surface area contributed by atoms with Gasteiger partial charge >= 0.3 is 5.97 Å². The van der Waals surface area contributed by atoms with Crippen LogP contribution < -0.4 is 9.80 Å². The zero-order chi connectivity index (χ0) is 15.5. The van der Waals surface area contributed by atoms with Crippen LogP contribution in [0.15, 0.2) is 24.3 Å². The molecule has 0 unspecified atom stereocenters. The fourth-order valence-electron chi connectivity index (χ4n) is 3.21. The molecule has 2 aliphatic heterocycles. The van der Waals surface area contributed by atoms with E-state index in [1.807, 2.05) is 12.1 Å². The van der Waals surface area contributed by atoms with Crippen LogP contribution in [0.1, 0.15) is 26.2 Å². The Labute approximate surface area is 130 Å². The fraction of sp³-hybridized carbons (Fsp3) is 0.529. The van der Waals surface area contributed by atoms with E-state index in [-0.39, 0.29) is 24.2 Å². The molecule has 1 amide bonds. The lowest BCUT2D eigenvalue weighted by molar-refractivity contribution is -0.147. The van der Waals surface area contributed by atoms with Crippen LogP contribution in [0.4, 0.5) is 11.4 Å². The Kier molecular flexibility index (Phi) is 4.32. The minimum absolute atomic E-state index is 0.00312. The number of carbonyl (C=O) groups is 2. The summed E-state index contributed by atoms with van der Waals surface area (Å²) in [5, 5.41) is 0. The zero-order valence-corrected chi connectivity index (χ0v) is 13.0. The molecule has 0 radical (unpaired) electrons. The van der Waals surface area contributed by atoms with Crippen molar-refractivity contribution in [3.63, 3.8) is 0 Å². The molecule has 0 saturated carbocycles. The second-order valence-electron chi connectivity index (χ2n) is 5.87. The first kappa shape index (κ1) is 14.9. The molecular weight excluding hydrogens is 280 g/mol. The van der Waals surface area contributed by atoms with Gasteiger partial charge in [-0.15, -0.1) is 0 Å². The number of rotatable bonds is 4. The Hall–Kier alpha value is -2.04. The molecule has 22 heavy (non-hydrogen) atoms. The van der Waals surface area contributed by atoms with Gasteiger partial charge in [0, 0.05) is 37.4 Å². The molecule has 118 valence electrons. The summed E-state index contributed by atoms with van der Waals surface area (Å²) < 4.78 is 5.04. The third-order valence-corrected chi connectivity index (χ3v) is 4.36. The predicted octanol–water partition coefficient (Wildman–Crippen LogP) is 2.20. The molecule has 2 heterocycles. The maximum atomic E-state index is 12.2. The number of anilines is 2. The van der Waals surface area contributed by atoms with Gasteiger partial charge in [0.15, 0.2) is 0 Å². The summed E-state index contributed by atoms with van der Waals surface area (Å²) in [6, 6.07) is 8.05. The van der Waals surface area contributed by atoms with Gasteiger partial charge in [0.05, 0.1) is 12.5 Å². The van der Waals surface area contributed by atoms with Crippen LogP contribution in [-0.4, -0.2) is 38.1 Å². The average Bonchev–Trinajstić information content (AvgIpc) is 3.17. The maximum Gasteiger partial charge on any atom is 0.311 e. The number of hydrogen-bond donors (Lipinski definition) is 0. The van der Waals surface area contributed by atoms with Crippen LogP contribution in [0.25, 0.3) is 0 Å². The van der Waals surface area contributed by atoms with Gasteiger partial charge in [0.2, 0.25) is 5.91 Å². The molecule has 0 N–H and O–H groups in total. The number of nitrogens with zero attached hydrogens (tertiary/aromatic N) is 2. The van der Waals surface area contributed by atoms with E-state index in [2.05, 4.69) is 17.0 Å². The number of benzene rings is 1. The number of esters is 1. The monoisotopic (exact) mass is 302 g/mol. The van der Waals surface area contributed by atoms with Gasteiger partial charge in [-0.2, -0.15) is 0 Å². The van der Waals surface area contributed by atoms with Gasteiger partial charge in [-0.05, 0) is 38.0 Å². The molecule has 0 bridgehead atoms. The van der Waals surface area contributed by atoms with Crippen molar-refractivity contribution in [1.82, 2.24) is 0 Å². The third-order valence-electron chi connectivity index (χ3n) is 4.36. The highest BCUT2D eigenvalue weighted by Crippen LogP contribution is 2.30. The Morgan fingerprint density at radius 1 is 1.27 bits per heavy atom. The van der Waals surface area contributed by atoms with E-state index in [0.717, 1.165) is 24.5 Å². The topological polar surface area (TPSA) is 49.9 Å². The molecule has 0 spiro atoms. The number of hydrogen-bond acceptors (Lipinski definition) is 4. The van der Waals surface area contributed by atoms with E-state index in [0.29, 0.717) is 13.2 Å². The summed E-state index contributed by atoms with van der Waals surface area (Å²) in [7, 11) is 0. The fourth-order valence-corrected chi connectivity index (χ4v) is 3.21. The Balaban J connectivity index is 1.75. The third kappa shape index (κ3) is 2.93. The van der Waals surface area contributed by atoms with Crippen LogP contribution in [0, 0.1) is 5.92 Å². The van der Waals surface area contributed by atoms with Gasteiger partial charge in [0.1, 0.15) is 0 Å². The van der Waals surface area contributed by atoms with Crippen molar-refractivity contribution in [1.29, 1.82) is 0 Å². The zero-order valence-electron chi connectivity index (χ0n) is 13.0. The minimum Gasteiger partial charge on any atom is -0.466 e. The van der Waals surface area contributed by atoms with Gasteiger partial charge in [-0.1, -0.05) is 6.07 Å². The van der Waals surface area contributed by atoms with E-state index >= 15 is 0 Å². The summed E-state index contributed by atoms with van der Waals surface area (Å²) >= 11 is 0. The molecule has 3 rings (SSSR count). The first-order chi connectivity index (χ1) is 10.7. The molecule has 1 atom stereocenters. The first-order valence-corrected chi connectivity index (χ1v) is 8.01. The second kappa shape index (κ2) is 6.38. The van der Waals surface area contributed by atoms with E-state index in [1.54, 1.807) is 11.8 Å². The number of ether oxygens (including phenoxy) is 1. The first-order valence-electron chi connectivity index (χ1n) is 8.01. The van der Waals surface area contributed by atoms with Crippen LogP contribution in [0.2, 0.25) is 0 Å². The SMILES string of the molecule is CCOC(=O)[C@@H]1CC(=O)N(c2cccc(N3CCCC3)c2)C1. The smallest absolute Gasteiger partial charge is 0.311 e. The normalized spacial score (nSPS) is 21.5. The molecule has 2 saturated heterocycles. The van der Waals surface area contributed by atoms with E-state index < -0.39 is 0 Å². The van der Waals surface area contributed by atoms with Crippen LogP contribution in [-0.2, 0) is 14.3 Å². The van der Waals surface area contributed by atoms with Crippen molar-refractivity contribution in [3.8, 4) is 0 Å². The summed E-state index contributed by atoms with van der Waals surface area (Å²) in [5.74, 6) is -0.617. The molecule has 2 fully saturated rings. The standard InChI is InChI=1S/C17H22N2O3/c1-2-22-17(21)13-10-16(20)19(12-13)15-7-5-6-14(11-15)18-8-3-4-9-18/h5-7,11,13H,2-4,8-10,12H2,1H3/t13-/m1/s1. The molecule has 0 aromatic heterocycles. The van der Waals surface area contributed by atoms with Crippen molar-refractivity contribution in [2.24, 2.45) is 5.92 Å². The Morgan fingerprint density at radius 3 is 2.73 bits per heavy atom. The summed E-state index contributed by atoms with van der Waals surface area (Å²) in [5.41, 5.74) is 2.03. The van der Waals surface area contributed by atoms with Crippen molar-refractivity contribution in [2.45, 2.75) is 26.2 Å². The lowest BCUT2D eigenvalue weighted by Crippen LogP contribution is -2.27. The highest BCUT2D eigenvalue weighted by Gasteiger charge is 2.36. The van der Waals surface area contributed by atoms with Crippen molar-refractivity contribution in [3.05, 3.63) is 24.3 Å². The maximum absolute atomic E-state index is 12.2. The van der Waals surface area contributed by atoms with Gasteiger partial charge in [0.25, 0.3) is 0 Å². The van der Waals surface area contributed by atoms with Crippen molar-refractivity contribution in [2.75, 3.05) is 36.0 Å². The van der Waals surface area contributed by atoms with E-state index in [4.69, 9.17) is 4.74 Å². The molecule has 1 aromatic carbocycles. The van der Waals surface area contributed by atoms with Crippen molar-refractivity contribution < 1.29 is 14.3 Å². The largest absolute Gasteiger partial charge is 0.466 e. The molecular formula is C17H22N2O3. The quantitative estimate of drug-likeness (QED) is 0.800. The van der Waals surface area contributed by atoms with Gasteiger partial charge in [-0.25, -0.2) is 0 Å². The molecule has 5 heteroatoms. The lowest BCUT2D eigenvalue weighted by atomic mass is 10.1. The highest BCUT2D eigenvalue weighted by molar-refractivity contribution is 5.99. The predicted molar refractivity (Wildman–Crippen MR) is 85.0 cm³/mol. The molecule has 5 nitrogen and oxygen atoms in total. The highest BCUT2D eigenvalue weighted by atomic mass is 16.5. The number of carbonyl (C=O) groups excluding carboxylic acids is 2. The molecule has 2 aliphatic rings. The Bertz CT molecular complexity index is 567. The number of amides is 1. The van der Waals surface area contributed by atoms with E-state index in [9.17, 15) is 9.59 Å². The van der Waals surface area contributed by atoms with Gasteiger partial charge < -0.3 is 14.5 Å². The van der Waals surface area contributed by atoms with Crippen LogP contribution in [0.5, 0.6) is 0 Å². The summed E-state index contributed by atoms with van der Waals surface area (Å²) in [4.78, 5) is 28.1. The minimum atomic E-state index is -0.345. The van der Waals surface area contributed by atoms with Crippen LogP contribution >= 0.6 is 0 Å². The molecule has 0 aliphatic carbocycles. The van der Waals surface area contributed by atoms with E-state index in [1.165, 1.54) is 12.8 Å². The molecule has 1 aromatic rings. The lowest BCUT2D eigenvalue weighted by Gasteiger charge is -2.22.